The van der Waals surface area contributed by atoms with E-state index in [2.05, 4.69) is 26.1 Å². The summed E-state index contributed by atoms with van der Waals surface area (Å²) in [6, 6.07) is 1.09. The van der Waals surface area contributed by atoms with Gasteiger partial charge in [-0.1, -0.05) is 39.0 Å². The molecule has 2 nitrogen and oxygen atoms in total. The summed E-state index contributed by atoms with van der Waals surface area (Å²) in [6.45, 7) is 7.51. The van der Waals surface area contributed by atoms with E-state index in [1.807, 2.05) is 0 Å². The number of hydrogen-bond acceptors (Lipinski definition) is 2. The standard InChI is InChI=1S/C13H29NO/c1-5-6-7-8-9-10-12(2)14-13(3)11-15-4/h12-14H,5-11H2,1-4H3. The fourth-order valence-electron chi connectivity index (χ4n) is 1.92. The van der Waals surface area contributed by atoms with Crippen molar-refractivity contribution in [2.24, 2.45) is 0 Å². The smallest absolute Gasteiger partial charge is 0.0613 e. The maximum atomic E-state index is 5.10. The number of methoxy groups -OCH3 is 1. The average Bonchev–Trinajstić information content (AvgIpc) is 2.17. The summed E-state index contributed by atoms with van der Waals surface area (Å²) in [5, 5.41) is 3.55. The Balaban J connectivity index is 3.28. The molecule has 0 aliphatic carbocycles. The first kappa shape index (κ1) is 14.9. The van der Waals surface area contributed by atoms with E-state index in [-0.39, 0.29) is 0 Å². The largest absolute Gasteiger partial charge is 0.383 e. The number of hydrogen-bond donors (Lipinski definition) is 1. The third-order valence-electron chi connectivity index (χ3n) is 2.73. The monoisotopic (exact) mass is 215 g/mol. The van der Waals surface area contributed by atoms with E-state index < -0.39 is 0 Å². The summed E-state index contributed by atoms with van der Waals surface area (Å²) >= 11 is 0. The minimum Gasteiger partial charge on any atom is -0.383 e. The molecule has 0 aromatic carbocycles. The van der Waals surface area contributed by atoms with Gasteiger partial charge in [0.05, 0.1) is 6.61 Å². The molecule has 0 radical (unpaired) electrons. The fourth-order valence-corrected chi connectivity index (χ4v) is 1.92. The van der Waals surface area contributed by atoms with Crippen molar-refractivity contribution in [1.82, 2.24) is 5.32 Å². The Hall–Kier alpha value is -0.0800. The third-order valence-corrected chi connectivity index (χ3v) is 2.73. The van der Waals surface area contributed by atoms with Gasteiger partial charge in [-0.05, 0) is 20.3 Å². The van der Waals surface area contributed by atoms with Crippen molar-refractivity contribution in [3.63, 3.8) is 0 Å². The molecule has 2 heteroatoms. The van der Waals surface area contributed by atoms with Crippen molar-refractivity contribution < 1.29 is 4.74 Å². The summed E-state index contributed by atoms with van der Waals surface area (Å²) in [6.07, 6.45) is 8.15. The lowest BCUT2D eigenvalue weighted by Gasteiger charge is -2.19. The van der Waals surface area contributed by atoms with E-state index in [4.69, 9.17) is 4.74 Å². The van der Waals surface area contributed by atoms with Gasteiger partial charge < -0.3 is 10.1 Å². The lowest BCUT2D eigenvalue weighted by molar-refractivity contribution is 0.166. The van der Waals surface area contributed by atoms with Gasteiger partial charge in [-0.2, -0.15) is 0 Å². The van der Waals surface area contributed by atoms with Crippen LogP contribution in [0, 0.1) is 0 Å². The van der Waals surface area contributed by atoms with Crippen LogP contribution in [0.5, 0.6) is 0 Å². The minimum absolute atomic E-state index is 0.473. The molecule has 15 heavy (non-hydrogen) atoms. The highest BCUT2D eigenvalue weighted by Crippen LogP contribution is 2.07. The molecule has 0 bridgehead atoms. The topological polar surface area (TPSA) is 21.3 Å². The zero-order chi connectivity index (χ0) is 11.5. The van der Waals surface area contributed by atoms with E-state index >= 15 is 0 Å². The van der Waals surface area contributed by atoms with E-state index in [9.17, 15) is 0 Å². The zero-order valence-corrected chi connectivity index (χ0v) is 11.0. The Labute approximate surface area is 95.8 Å². The highest BCUT2D eigenvalue weighted by molar-refractivity contribution is 4.66. The number of rotatable bonds is 10. The van der Waals surface area contributed by atoms with E-state index in [0.717, 1.165) is 6.61 Å². The van der Waals surface area contributed by atoms with E-state index in [1.54, 1.807) is 7.11 Å². The molecule has 0 spiro atoms. The molecule has 0 saturated carbocycles. The SMILES string of the molecule is CCCCCCCC(C)NC(C)COC. The predicted molar refractivity (Wildman–Crippen MR) is 67.3 cm³/mol. The number of ether oxygens (including phenoxy) is 1. The Morgan fingerprint density at radius 2 is 1.67 bits per heavy atom. The van der Waals surface area contributed by atoms with Crippen molar-refractivity contribution in [2.75, 3.05) is 13.7 Å². The second-order valence-electron chi connectivity index (χ2n) is 4.63. The highest BCUT2D eigenvalue weighted by Gasteiger charge is 2.06. The predicted octanol–water partition coefficient (Wildman–Crippen LogP) is 3.36. The maximum Gasteiger partial charge on any atom is 0.0613 e. The van der Waals surface area contributed by atoms with Crippen LogP contribution in [0.15, 0.2) is 0 Å². The van der Waals surface area contributed by atoms with Crippen molar-refractivity contribution in [3.05, 3.63) is 0 Å². The molecule has 0 amide bonds. The zero-order valence-electron chi connectivity index (χ0n) is 11.0. The van der Waals surface area contributed by atoms with Gasteiger partial charge in [0.25, 0.3) is 0 Å². The molecule has 0 saturated heterocycles. The molecule has 0 aromatic rings. The highest BCUT2D eigenvalue weighted by atomic mass is 16.5. The third kappa shape index (κ3) is 10.2. The molecule has 0 aliphatic rings. The maximum absolute atomic E-state index is 5.10. The molecule has 2 unspecified atom stereocenters. The summed E-state index contributed by atoms with van der Waals surface area (Å²) in [7, 11) is 1.76. The Morgan fingerprint density at radius 3 is 2.27 bits per heavy atom. The first-order valence-electron chi connectivity index (χ1n) is 6.45. The summed E-state index contributed by atoms with van der Waals surface area (Å²) in [4.78, 5) is 0. The van der Waals surface area contributed by atoms with E-state index in [1.165, 1.54) is 38.5 Å². The van der Waals surface area contributed by atoms with Crippen molar-refractivity contribution in [1.29, 1.82) is 0 Å². The lowest BCUT2D eigenvalue weighted by atomic mass is 10.1. The fraction of sp³-hybridized carbons (Fsp3) is 1.00. The van der Waals surface area contributed by atoms with Crippen molar-refractivity contribution >= 4 is 0 Å². The summed E-state index contributed by atoms with van der Waals surface area (Å²) < 4.78 is 5.10. The Kier molecular flexibility index (Phi) is 10.4. The van der Waals surface area contributed by atoms with Crippen LogP contribution in [0.3, 0.4) is 0 Å². The van der Waals surface area contributed by atoms with Gasteiger partial charge >= 0.3 is 0 Å². The molecule has 0 fully saturated rings. The summed E-state index contributed by atoms with van der Waals surface area (Å²) in [5.41, 5.74) is 0. The van der Waals surface area contributed by atoms with Gasteiger partial charge in [0.2, 0.25) is 0 Å². The van der Waals surface area contributed by atoms with Gasteiger partial charge in [-0.25, -0.2) is 0 Å². The van der Waals surface area contributed by atoms with Gasteiger partial charge in [-0.15, -0.1) is 0 Å². The Bertz CT molecular complexity index is 128. The molecule has 0 aliphatic heterocycles. The van der Waals surface area contributed by atoms with Gasteiger partial charge in [0, 0.05) is 19.2 Å². The van der Waals surface area contributed by atoms with Gasteiger partial charge in [0.15, 0.2) is 0 Å². The second-order valence-corrected chi connectivity index (χ2v) is 4.63. The molecule has 92 valence electrons. The van der Waals surface area contributed by atoms with E-state index in [0.29, 0.717) is 12.1 Å². The molecule has 2 atom stereocenters. The number of unbranched alkanes of at least 4 members (excludes halogenated alkanes) is 4. The van der Waals surface area contributed by atoms with Crippen LogP contribution < -0.4 is 5.32 Å². The molecule has 1 N–H and O–H groups in total. The van der Waals surface area contributed by atoms with Crippen molar-refractivity contribution in [2.45, 2.75) is 71.4 Å². The van der Waals surface area contributed by atoms with Crippen LogP contribution >= 0.6 is 0 Å². The van der Waals surface area contributed by atoms with Crippen LogP contribution in [0.1, 0.15) is 59.3 Å². The number of nitrogens with one attached hydrogen (secondary N) is 1. The van der Waals surface area contributed by atoms with Gasteiger partial charge in [0.1, 0.15) is 0 Å². The van der Waals surface area contributed by atoms with Crippen LogP contribution in [-0.2, 0) is 4.74 Å². The van der Waals surface area contributed by atoms with Crippen molar-refractivity contribution in [3.8, 4) is 0 Å². The second kappa shape index (κ2) is 10.4. The van der Waals surface area contributed by atoms with Crippen LogP contribution in [0.25, 0.3) is 0 Å². The van der Waals surface area contributed by atoms with Crippen LogP contribution in [0.2, 0.25) is 0 Å². The lowest BCUT2D eigenvalue weighted by Crippen LogP contribution is -2.37. The first-order chi connectivity index (χ1) is 7.20. The van der Waals surface area contributed by atoms with Crippen LogP contribution in [-0.4, -0.2) is 25.8 Å². The average molecular weight is 215 g/mol. The quantitative estimate of drug-likeness (QED) is 0.564. The minimum atomic E-state index is 0.473. The molecular formula is C13H29NO. The first-order valence-corrected chi connectivity index (χ1v) is 6.45. The normalized spacial score (nSPS) is 15.2. The molecule has 0 rings (SSSR count). The summed E-state index contributed by atoms with van der Waals surface area (Å²) in [5.74, 6) is 0. The van der Waals surface area contributed by atoms with Gasteiger partial charge in [-0.3, -0.25) is 0 Å². The Morgan fingerprint density at radius 1 is 1.00 bits per heavy atom. The molecule has 0 heterocycles. The van der Waals surface area contributed by atoms with Crippen LogP contribution in [0.4, 0.5) is 0 Å². The molecular weight excluding hydrogens is 186 g/mol. The molecule has 0 aromatic heterocycles.